The molecule has 0 aromatic carbocycles. The monoisotopic (exact) mass is 995 g/mol. The van der Waals surface area contributed by atoms with Crippen molar-refractivity contribution in [3.8, 4) is 0 Å². The SMILES string of the molecule is C/C=C/CCC(O)C(C(=O)NCC(=O)N(C)CC(=O)NC)N(C)C(=O)CN(C)C(=O)C(CC(C)C)N(C)CC(CC(C)C)N(C)C(=O)C(C)NC(=O)CNC(=O)CN(C)C(=O)C(CCCCN)NCC. The lowest BCUT2D eigenvalue weighted by molar-refractivity contribution is -0.148. The number of nitrogens with zero attached hydrogens (tertiary/aromatic N) is 6. The molecule has 0 aromatic heterocycles. The van der Waals surface area contributed by atoms with Gasteiger partial charge in [0, 0.05) is 54.9 Å². The van der Waals surface area contributed by atoms with Crippen molar-refractivity contribution in [2.75, 3.05) is 102 Å². The van der Waals surface area contributed by atoms with Gasteiger partial charge in [0.05, 0.1) is 50.9 Å². The average Bonchev–Trinajstić information content (AvgIpc) is 3.29. The van der Waals surface area contributed by atoms with Gasteiger partial charge in [-0.05, 0) is 84.3 Å². The molecule has 70 heavy (non-hydrogen) atoms. The van der Waals surface area contributed by atoms with Gasteiger partial charge in [-0.2, -0.15) is 0 Å². The van der Waals surface area contributed by atoms with Gasteiger partial charge in [-0.25, -0.2) is 0 Å². The van der Waals surface area contributed by atoms with Gasteiger partial charge in [0.1, 0.15) is 12.1 Å². The summed E-state index contributed by atoms with van der Waals surface area (Å²) in [6, 6.07) is -3.99. The van der Waals surface area contributed by atoms with E-state index in [0.29, 0.717) is 38.8 Å². The fourth-order valence-electron chi connectivity index (χ4n) is 7.75. The number of nitrogens with one attached hydrogen (secondary N) is 5. The summed E-state index contributed by atoms with van der Waals surface area (Å²) in [5, 5.41) is 24.4. The zero-order chi connectivity index (χ0) is 53.8. The summed E-state index contributed by atoms with van der Waals surface area (Å²) in [5.41, 5.74) is 5.60. The third-order valence-electron chi connectivity index (χ3n) is 11.9. The Balaban J connectivity index is 5.99. The molecule has 0 heterocycles. The fourth-order valence-corrected chi connectivity index (χ4v) is 7.75. The average molecular weight is 995 g/mol. The van der Waals surface area contributed by atoms with Gasteiger partial charge < -0.3 is 61.9 Å². The maximum atomic E-state index is 14.3. The molecule has 0 bridgehead atoms. The van der Waals surface area contributed by atoms with Crippen molar-refractivity contribution in [3.05, 3.63) is 12.2 Å². The molecular formula is C48H90N12O10. The first-order valence-corrected chi connectivity index (χ1v) is 24.5. The first kappa shape index (κ1) is 64.8. The highest BCUT2D eigenvalue weighted by molar-refractivity contribution is 5.94. The Kier molecular flexibility index (Phi) is 31.7. The molecule has 402 valence electrons. The van der Waals surface area contributed by atoms with Crippen LogP contribution in [0.1, 0.15) is 93.4 Å². The smallest absolute Gasteiger partial charge is 0.245 e. The van der Waals surface area contributed by atoms with Crippen LogP contribution < -0.4 is 32.3 Å². The molecule has 9 amide bonds. The number of allylic oxidation sites excluding steroid dienone is 2. The van der Waals surface area contributed by atoms with Gasteiger partial charge in [-0.3, -0.25) is 48.1 Å². The Morgan fingerprint density at radius 2 is 1.27 bits per heavy atom. The number of aliphatic hydroxyl groups excluding tert-OH is 1. The maximum Gasteiger partial charge on any atom is 0.245 e. The summed E-state index contributed by atoms with van der Waals surface area (Å²) in [5.74, 6) is -4.38. The lowest BCUT2D eigenvalue weighted by atomic mass is 9.98. The van der Waals surface area contributed by atoms with E-state index in [9.17, 15) is 48.3 Å². The molecule has 0 aliphatic carbocycles. The highest BCUT2D eigenvalue weighted by atomic mass is 16.3. The number of unbranched alkanes of at least 4 members (excludes halogenated alkanes) is 1. The van der Waals surface area contributed by atoms with Crippen LogP contribution in [0.15, 0.2) is 12.2 Å². The van der Waals surface area contributed by atoms with E-state index in [-0.39, 0.29) is 49.7 Å². The predicted octanol–water partition coefficient (Wildman–Crippen LogP) is -1.28. The molecule has 0 saturated carbocycles. The van der Waals surface area contributed by atoms with Crippen LogP contribution >= 0.6 is 0 Å². The molecule has 0 saturated heterocycles. The van der Waals surface area contributed by atoms with E-state index in [0.717, 1.165) is 22.6 Å². The van der Waals surface area contributed by atoms with Crippen molar-refractivity contribution in [1.82, 2.24) is 56.0 Å². The second-order valence-corrected chi connectivity index (χ2v) is 19.0. The summed E-state index contributed by atoms with van der Waals surface area (Å²) in [7, 11) is 10.6. The zero-order valence-electron chi connectivity index (χ0n) is 44.8. The fraction of sp³-hybridized carbons (Fsp3) is 0.771. The van der Waals surface area contributed by atoms with Crippen molar-refractivity contribution in [1.29, 1.82) is 0 Å². The number of aliphatic hydroxyl groups is 1. The lowest BCUT2D eigenvalue weighted by Crippen LogP contribution is -2.58. The number of rotatable bonds is 34. The van der Waals surface area contributed by atoms with Gasteiger partial charge in [-0.1, -0.05) is 53.2 Å². The molecule has 0 radical (unpaired) electrons. The third kappa shape index (κ3) is 24.1. The van der Waals surface area contributed by atoms with Crippen LogP contribution in [-0.2, 0) is 43.2 Å². The van der Waals surface area contributed by atoms with Crippen molar-refractivity contribution < 1.29 is 48.3 Å². The van der Waals surface area contributed by atoms with Gasteiger partial charge in [-0.15, -0.1) is 0 Å². The van der Waals surface area contributed by atoms with Crippen molar-refractivity contribution in [3.63, 3.8) is 0 Å². The number of likely N-dealkylation sites (N-methyl/N-ethyl adjacent to an activating group) is 8. The molecule has 0 aliphatic heterocycles. The van der Waals surface area contributed by atoms with Crippen LogP contribution in [0.2, 0.25) is 0 Å². The molecule has 22 heteroatoms. The maximum absolute atomic E-state index is 14.3. The van der Waals surface area contributed by atoms with Crippen LogP contribution in [0.5, 0.6) is 0 Å². The van der Waals surface area contributed by atoms with E-state index < -0.39 is 97.3 Å². The summed E-state index contributed by atoms with van der Waals surface area (Å²) >= 11 is 0. The summed E-state index contributed by atoms with van der Waals surface area (Å²) in [4.78, 5) is 127. The zero-order valence-corrected chi connectivity index (χ0v) is 44.8. The number of carbonyl (C=O) groups is 9. The Morgan fingerprint density at radius 1 is 0.671 bits per heavy atom. The van der Waals surface area contributed by atoms with Gasteiger partial charge in [0.25, 0.3) is 0 Å². The van der Waals surface area contributed by atoms with E-state index in [1.54, 1.807) is 38.1 Å². The molecule has 6 atom stereocenters. The molecule has 6 unspecified atom stereocenters. The molecule has 0 rings (SSSR count). The van der Waals surface area contributed by atoms with Crippen molar-refractivity contribution in [2.24, 2.45) is 17.6 Å². The molecule has 0 spiro atoms. The normalized spacial score (nSPS) is 14.0. The van der Waals surface area contributed by atoms with E-state index in [2.05, 4.69) is 26.6 Å². The second-order valence-electron chi connectivity index (χ2n) is 19.0. The van der Waals surface area contributed by atoms with E-state index >= 15 is 0 Å². The molecule has 8 N–H and O–H groups in total. The van der Waals surface area contributed by atoms with Gasteiger partial charge >= 0.3 is 0 Å². The van der Waals surface area contributed by atoms with Gasteiger partial charge in [0.2, 0.25) is 53.2 Å². The summed E-state index contributed by atoms with van der Waals surface area (Å²) < 4.78 is 0. The molecule has 0 fully saturated rings. The van der Waals surface area contributed by atoms with E-state index in [4.69, 9.17) is 5.73 Å². The Labute approximate surface area is 417 Å². The highest BCUT2D eigenvalue weighted by Gasteiger charge is 2.37. The number of nitrogens with two attached hydrogens (primary N) is 1. The number of carbonyl (C=O) groups excluding carboxylic acids is 9. The second kappa shape index (κ2) is 34.2. The summed E-state index contributed by atoms with van der Waals surface area (Å²) in [6.45, 7) is 12.7. The Bertz CT molecular complexity index is 1720. The minimum Gasteiger partial charge on any atom is -0.390 e. The predicted molar refractivity (Wildman–Crippen MR) is 269 cm³/mol. The first-order valence-electron chi connectivity index (χ1n) is 24.5. The number of amides is 9. The number of hydrogen-bond donors (Lipinski definition) is 7. The molecule has 0 aromatic rings. The first-order chi connectivity index (χ1) is 32.8. The van der Waals surface area contributed by atoms with Crippen molar-refractivity contribution in [2.45, 2.75) is 130 Å². The standard InChI is InChI=1S/C48H90N12O10/c1-15-17-18-22-38(61)44(45(67)53-27-42(65)56(10)29-40(63)50-8)60(14)43(66)31-58(12)48(70)37(25-33(5)6)55(9)28-35(24-32(3)4)59(13)46(68)34(7)54-39(62)26-52-41(64)30-57(11)47(69)36(51-16-2)21-19-20-23-49/h15,17,32-38,44,51,61H,16,18-31,49H2,1-14H3,(H,50,63)(H,52,64)(H,53,67)(H,54,62)/b17-15+. The van der Waals surface area contributed by atoms with Crippen LogP contribution in [-0.4, -0.2) is 226 Å². The van der Waals surface area contributed by atoms with Crippen LogP contribution in [0.4, 0.5) is 0 Å². The van der Waals surface area contributed by atoms with Gasteiger partial charge in [0.15, 0.2) is 0 Å². The molecule has 0 aliphatic rings. The number of hydrogen-bond acceptors (Lipinski definition) is 13. The van der Waals surface area contributed by atoms with Crippen LogP contribution in [0.3, 0.4) is 0 Å². The Hall–Kier alpha value is -5.19. The van der Waals surface area contributed by atoms with Crippen molar-refractivity contribution >= 4 is 53.2 Å². The summed E-state index contributed by atoms with van der Waals surface area (Å²) in [6.07, 6.45) is 5.86. The topological polar surface area (TPSA) is 279 Å². The minimum absolute atomic E-state index is 0.0441. The third-order valence-corrected chi connectivity index (χ3v) is 11.9. The van der Waals surface area contributed by atoms with Crippen LogP contribution in [0, 0.1) is 11.8 Å². The van der Waals surface area contributed by atoms with Crippen LogP contribution in [0.25, 0.3) is 0 Å². The highest BCUT2D eigenvalue weighted by Crippen LogP contribution is 2.19. The molecule has 22 nitrogen and oxygen atoms in total. The Morgan fingerprint density at radius 3 is 1.83 bits per heavy atom. The van der Waals surface area contributed by atoms with E-state index in [1.165, 1.54) is 45.0 Å². The molecular weight excluding hydrogens is 905 g/mol. The minimum atomic E-state index is -1.41. The van der Waals surface area contributed by atoms with E-state index in [1.807, 2.05) is 46.4 Å². The lowest BCUT2D eigenvalue weighted by Gasteiger charge is -2.38. The quantitative estimate of drug-likeness (QED) is 0.0293. The largest absolute Gasteiger partial charge is 0.390 e.